The normalized spacial score (nSPS) is 12.0. The van der Waals surface area contributed by atoms with E-state index in [1.165, 1.54) is 18.2 Å². The molecule has 33 heavy (non-hydrogen) atoms. The molecule has 1 aromatic carbocycles. The Balaban J connectivity index is 1.76. The molecule has 3 N–H and O–H groups in total. The largest absolute Gasteiger partial charge is 0.485 e. The molecule has 9 heteroatoms. The molecular formula is C24H29F2N5O2. The van der Waals surface area contributed by atoms with E-state index in [9.17, 15) is 13.6 Å². The lowest BCUT2D eigenvalue weighted by molar-refractivity contribution is 0.0944. The summed E-state index contributed by atoms with van der Waals surface area (Å²) >= 11 is 0. The third-order valence-corrected chi connectivity index (χ3v) is 5.31. The highest BCUT2D eigenvalue weighted by molar-refractivity contribution is 5.95. The second-order valence-corrected chi connectivity index (χ2v) is 8.02. The summed E-state index contributed by atoms with van der Waals surface area (Å²) in [6.45, 7) is 7.74. The highest BCUT2D eigenvalue weighted by Crippen LogP contribution is 2.26. The molecule has 1 amide bonds. The zero-order valence-corrected chi connectivity index (χ0v) is 18.9. The van der Waals surface area contributed by atoms with Crippen LogP contribution in [-0.2, 0) is 6.61 Å². The topological polar surface area (TPSA) is 94.0 Å². The molecule has 2 aromatic heterocycles. The van der Waals surface area contributed by atoms with Crippen LogP contribution in [0.1, 0.15) is 46.6 Å². The number of pyridine rings is 1. The summed E-state index contributed by atoms with van der Waals surface area (Å²) < 4.78 is 35.3. The summed E-state index contributed by atoms with van der Waals surface area (Å²) in [5.74, 6) is -1.35. The number of aromatic nitrogens is 2. The molecule has 0 saturated carbocycles. The Hall–Kier alpha value is -3.33. The van der Waals surface area contributed by atoms with Crippen molar-refractivity contribution in [3.63, 3.8) is 0 Å². The third kappa shape index (κ3) is 5.92. The molecule has 3 aromatic rings. The number of rotatable bonds is 11. The molecule has 0 radical (unpaired) electrons. The van der Waals surface area contributed by atoms with Gasteiger partial charge in [-0.05, 0) is 57.2 Å². The van der Waals surface area contributed by atoms with Gasteiger partial charge in [0.15, 0.2) is 11.4 Å². The molecule has 0 spiro atoms. The van der Waals surface area contributed by atoms with E-state index in [0.29, 0.717) is 35.9 Å². The first-order valence-corrected chi connectivity index (χ1v) is 10.8. The van der Waals surface area contributed by atoms with E-state index in [1.807, 2.05) is 6.92 Å². The summed E-state index contributed by atoms with van der Waals surface area (Å²) in [6, 6.07) is 5.20. The number of benzene rings is 1. The Kier molecular flexibility index (Phi) is 8.11. The SMILES string of the molecule is C=NCCCCC(N)CNC(=O)c1c(C)nc2c(OCc3c(F)cccc3F)cc(C)cn12. The molecule has 1 atom stereocenters. The molecule has 0 bridgehead atoms. The van der Waals surface area contributed by atoms with Crippen LogP contribution in [0.15, 0.2) is 35.5 Å². The van der Waals surface area contributed by atoms with E-state index in [1.54, 1.807) is 23.6 Å². The minimum absolute atomic E-state index is 0.170. The Morgan fingerprint density at radius 1 is 1.30 bits per heavy atom. The van der Waals surface area contributed by atoms with Crippen LogP contribution in [0.2, 0.25) is 0 Å². The van der Waals surface area contributed by atoms with E-state index in [0.717, 1.165) is 24.8 Å². The zero-order valence-electron chi connectivity index (χ0n) is 18.9. The van der Waals surface area contributed by atoms with Gasteiger partial charge in [-0.15, -0.1) is 0 Å². The maximum Gasteiger partial charge on any atom is 0.270 e. The highest BCUT2D eigenvalue weighted by atomic mass is 19.1. The van der Waals surface area contributed by atoms with Crippen LogP contribution in [-0.4, -0.2) is 41.1 Å². The first-order chi connectivity index (χ1) is 15.8. The molecular weight excluding hydrogens is 428 g/mol. The number of carbonyl (C=O) groups excluding carboxylic acids is 1. The van der Waals surface area contributed by atoms with Gasteiger partial charge >= 0.3 is 0 Å². The second kappa shape index (κ2) is 11.0. The number of unbranched alkanes of at least 4 members (excludes halogenated alkanes) is 1. The molecule has 7 nitrogen and oxygen atoms in total. The van der Waals surface area contributed by atoms with Gasteiger partial charge in [0.1, 0.15) is 23.9 Å². The summed E-state index contributed by atoms with van der Waals surface area (Å²) in [5.41, 5.74) is 7.99. The average molecular weight is 458 g/mol. The lowest BCUT2D eigenvalue weighted by Crippen LogP contribution is -2.37. The Bertz CT molecular complexity index is 1130. The van der Waals surface area contributed by atoms with Crippen molar-refractivity contribution >= 4 is 18.3 Å². The standard InChI is InChI=1S/C24H29F2N5O2/c1-15-11-21(33-14-18-19(25)8-6-9-20(18)26)23-30-16(2)22(31(23)13-15)24(32)29-12-17(27)7-4-5-10-28-3/h6,8-9,11,13,17H,3-5,7,10,12,14,27H2,1-2H3,(H,29,32). The summed E-state index contributed by atoms with van der Waals surface area (Å²) in [4.78, 5) is 21.2. The van der Waals surface area contributed by atoms with Gasteiger partial charge in [-0.1, -0.05) is 12.5 Å². The Morgan fingerprint density at radius 3 is 2.73 bits per heavy atom. The fourth-order valence-electron chi connectivity index (χ4n) is 3.60. The predicted molar refractivity (Wildman–Crippen MR) is 124 cm³/mol. The Labute approximate surface area is 191 Å². The van der Waals surface area contributed by atoms with Crippen LogP contribution in [0, 0.1) is 25.5 Å². The molecule has 0 aliphatic heterocycles. The number of hydrogen-bond donors (Lipinski definition) is 2. The fraction of sp³-hybridized carbons (Fsp3) is 0.375. The number of carbonyl (C=O) groups is 1. The fourth-order valence-corrected chi connectivity index (χ4v) is 3.60. The highest BCUT2D eigenvalue weighted by Gasteiger charge is 2.20. The number of fused-ring (bicyclic) bond motifs is 1. The number of nitrogens with zero attached hydrogens (tertiary/aromatic N) is 3. The molecule has 3 rings (SSSR count). The average Bonchev–Trinajstić information content (AvgIpc) is 3.10. The smallest absolute Gasteiger partial charge is 0.270 e. The van der Waals surface area contributed by atoms with E-state index in [-0.39, 0.29) is 24.1 Å². The second-order valence-electron chi connectivity index (χ2n) is 8.02. The number of amides is 1. The maximum absolute atomic E-state index is 14.0. The van der Waals surface area contributed by atoms with Crippen LogP contribution in [0.4, 0.5) is 8.78 Å². The van der Waals surface area contributed by atoms with E-state index >= 15 is 0 Å². The van der Waals surface area contributed by atoms with Gasteiger partial charge in [-0.2, -0.15) is 0 Å². The van der Waals surface area contributed by atoms with E-state index in [4.69, 9.17) is 10.5 Å². The van der Waals surface area contributed by atoms with Crippen molar-refractivity contribution in [1.29, 1.82) is 0 Å². The van der Waals surface area contributed by atoms with Crippen molar-refractivity contribution in [2.24, 2.45) is 10.7 Å². The van der Waals surface area contributed by atoms with Crippen molar-refractivity contribution < 1.29 is 18.3 Å². The molecule has 0 aliphatic carbocycles. The number of aliphatic imine (C=N–C) groups is 1. The number of halogens is 2. The van der Waals surface area contributed by atoms with E-state index < -0.39 is 11.6 Å². The predicted octanol–water partition coefficient (Wildman–Crippen LogP) is 3.74. The quantitative estimate of drug-likeness (QED) is 0.339. The van der Waals surface area contributed by atoms with Crippen LogP contribution < -0.4 is 15.8 Å². The summed E-state index contributed by atoms with van der Waals surface area (Å²) in [6.07, 6.45) is 4.36. The number of aryl methyl sites for hydroxylation is 2. The summed E-state index contributed by atoms with van der Waals surface area (Å²) in [5, 5.41) is 2.87. The van der Waals surface area contributed by atoms with Crippen LogP contribution in [0.3, 0.4) is 0 Å². The van der Waals surface area contributed by atoms with Gasteiger partial charge in [0, 0.05) is 25.3 Å². The van der Waals surface area contributed by atoms with Crippen molar-refractivity contribution in [2.45, 2.75) is 45.8 Å². The van der Waals surface area contributed by atoms with Crippen molar-refractivity contribution in [1.82, 2.24) is 14.7 Å². The number of ether oxygens (including phenoxy) is 1. The number of nitrogens with two attached hydrogens (primary N) is 1. The van der Waals surface area contributed by atoms with Crippen molar-refractivity contribution in [3.8, 4) is 5.75 Å². The van der Waals surface area contributed by atoms with Gasteiger partial charge < -0.3 is 20.8 Å². The van der Waals surface area contributed by atoms with Gasteiger partial charge in [0.05, 0.1) is 11.3 Å². The number of hydrogen-bond acceptors (Lipinski definition) is 5. The molecule has 1 unspecified atom stereocenters. The molecule has 2 heterocycles. The van der Waals surface area contributed by atoms with Gasteiger partial charge in [0.2, 0.25) is 0 Å². The van der Waals surface area contributed by atoms with Gasteiger partial charge in [0.25, 0.3) is 5.91 Å². The zero-order chi connectivity index (χ0) is 24.0. The van der Waals surface area contributed by atoms with Gasteiger partial charge in [-0.3, -0.25) is 9.20 Å². The molecule has 176 valence electrons. The van der Waals surface area contributed by atoms with Crippen LogP contribution in [0.25, 0.3) is 5.65 Å². The first kappa shape index (κ1) is 24.3. The number of imidazole rings is 1. The molecule has 0 saturated heterocycles. The monoisotopic (exact) mass is 457 g/mol. The van der Waals surface area contributed by atoms with Crippen LogP contribution in [0.5, 0.6) is 5.75 Å². The lowest BCUT2D eigenvalue weighted by atomic mass is 10.1. The van der Waals surface area contributed by atoms with Crippen LogP contribution >= 0.6 is 0 Å². The van der Waals surface area contributed by atoms with E-state index in [2.05, 4.69) is 22.0 Å². The third-order valence-electron chi connectivity index (χ3n) is 5.31. The van der Waals surface area contributed by atoms with Crippen molar-refractivity contribution in [3.05, 3.63) is 64.6 Å². The minimum atomic E-state index is -0.685. The summed E-state index contributed by atoms with van der Waals surface area (Å²) in [7, 11) is 0. The molecule has 0 fully saturated rings. The Morgan fingerprint density at radius 2 is 2.03 bits per heavy atom. The molecule has 0 aliphatic rings. The van der Waals surface area contributed by atoms with Crippen molar-refractivity contribution in [2.75, 3.05) is 13.1 Å². The first-order valence-electron chi connectivity index (χ1n) is 10.8. The maximum atomic E-state index is 14.0. The number of nitrogens with one attached hydrogen (secondary N) is 1. The minimum Gasteiger partial charge on any atom is -0.485 e. The van der Waals surface area contributed by atoms with Gasteiger partial charge in [-0.25, -0.2) is 13.8 Å². The lowest BCUT2D eigenvalue weighted by Gasteiger charge is -2.13.